The first-order valence-electron chi connectivity index (χ1n) is 8.60. The molecule has 0 radical (unpaired) electrons. The highest BCUT2D eigenvalue weighted by Gasteiger charge is 2.38. The Bertz CT molecular complexity index is 595. The van der Waals surface area contributed by atoms with Crippen molar-refractivity contribution in [3.05, 3.63) is 23.8 Å². The Morgan fingerprint density at radius 3 is 2.20 bits per heavy atom. The van der Waals surface area contributed by atoms with E-state index in [0.717, 1.165) is 5.56 Å². The van der Waals surface area contributed by atoms with Gasteiger partial charge in [-0.1, -0.05) is 6.07 Å². The van der Waals surface area contributed by atoms with Gasteiger partial charge in [0.1, 0.15) is 5.41 Å². The topological polar surface area (TPSA) is 67.9 Å². The van der Waals surface area contributed by atoms with Gasteiger partial charge in [0, 0.05) is 19.6 Å². The van der Waals surface area contributed by atoms with E-state index >= 15 is 0 Å². The summed E-state index contributed by atoms with van der Waals surface area (Å²) in [6.45, 7) is 8.79. The average Bonchev–Trinajstić information content (AvgIpc) is 2.62. The Labute approximate surface area is 150 Å². The van der Waals surface area contributed by atoms with Crippen LogP contribution in [0.5, 0.6) is 11.5 Å². The van der Waals surface area contributed by atoms with Crippen LogP contribution in [0.4, 0.5) is 0 Å². The summed E-state index contributed by atoms with van der Waals surface area (Å²) in [6.07, 6.45) is 0.641. The van der Waals surface area contributed by atoms with E-state index in [1.165, 1.54) is 0 Å². The normalized spacial score (nSPS) is 11.0. The summed E-state index contributed by atoms with van der Waals surface area (Å²) in [5.74, 6) is 0.913. The third-order valence-electron chi connectivity index (χ3n) is 4.30. The summed E-state index contributed by atoms with van der Waals surface area (Å²) in [5, 5.41) is 2.86. The molecule has 140 valence electrons. The molecule has 6 nitrogen and oxygen atoms in total. The van der Waals surface area contributed by atoms with Crippen LogP contribution < -0.4 is 14.8 Å². The zero-order valence-corrected chi connectivity index (χ0v) is 16.1. The molecule has 1 N–H and O–H groups in total. The Kier molecular flexibility index (Phi) is 7.74. The van der Waals surface area contributed by atoms with Crippen LogP contribution in [0.2, 0.25) is 0 Å². The van der Waals surface area contributed by atoms with Crippen LogP contribution in [0.25, 0.3) is 0 Å². The van der Waals surface area contributed by atoms with Crippen molar-refractivity contribution in [1.82, 2.24) is 10.2 Å². The molecule has 1 rings (SSSR count). The lowest BCUT2D eigenvalue weighted by molar-refractivity contribution is -0.148. The van der Waals surface area contributed by atoms with Gasteiger partial charge in [0.05, 0.1) is 14.2 Å². The molecular formula is C19H30N2O4. The first-order valence-corrected chi connectivity index (χ1v) is 8.60. The zero-order chi connectivity index (χ0) is 19.0. The summed E-state index contributed by atoms with van der Waals surface area (Å²) in [6, 6.07) is 5.65. The minimum Gasteiger partial charge on any atom is -0.493 e. The van der Waals surface area contributed by atoms with Crippen molar-refractivity contribution in [2.24, 2.45) is 5.41 Å². The van der Waals surface area contributed by atoms with E-state index in [1.807, 2.05) is 32.0 Å². The van der Waals surface area contributed by atoms with Gasteiger partial charge in [0.25, 0.3) is 0 Å². The van der Waals surface area contributed by atoms with Gasteiger partial charge in [-0.05, 0) is 51.8 Å². The smallest absolute Gasteiger partial charge is 0.237 e. The van der Waals surface area contributed by atoms with Gasteiger partial charge in [-0.2, -0.15) is 0 Å². The molecule has 0 aliphatic heterocycles. The molecule has 0 saturated carbocycles. The van der Waals surface area contributed by atoms with Gasteiger partial charge in [0.15, 0.2) is 11.5 Å². The quantitative estimate of drug-likeness (QED) is 0.694. The molecule has 0 saturated heterocycles. The largest absolute Gasteiger partial charge is 0.493 e. The number of hydrogen-bond donors (Lipinski definition) is 1. The predicted molar refractivity (Wildman–Crippen MR) is 98.0 cm³/mol. The highest BCUT2D eigenvalue weighted by atomic mass is 16.5. The Hall–Kier alpha value is -2.24. The number of nitrogens with one attached hydrogen (secondary N) is 1. The maximum atomic E-state index is 12.5. The Morgan fingerprint density at radius 1 is 1.08 bits per heavy atom. The second kappa shape index (κ2) is 9.30. The lowest BCUT2D eigenvalue weighted by Gasteiger charge is -2.29. The molecule has 0 aliphatic carbocycles. The second-order valence-corrected chi connectivity index (χ2v) is 6.30. The summed E-state index contributed by atoms with van der Waals surface area (Å²) in [4.78, 5) is 26.6. The van der Waals surface area contributed by atoms with Gasteiger partial charge in [-0.3, -0.25) is 9.59 Å². The van der Waals surface area contributed by atoms with Gasteiger partial charge in [-0.25, -0.2) is 0 Å². The molecule has 0 fully saturated rings. The second-order valence-electron chi connectivity index (χ2n) is 6.30. The lowest BCUT2D eigenvalue weighted by Crippen LogP contribution is -2.49. The molecule has 25 heavy (non-hydrogen) atoms. The van der Waals surface area contributed by atoms with Crippen LogP contribution in [0.1, 0.15) is 33.3 Å². The van der Waals surface area contributed by atoms with Crippen molar-refractivity contribution in [2.45, 2.75) is 34.1 Å². The van der Waals surface area contributed by atoms with Crippen LogP contribution in [0, 0.1) is 5.41 Å². The van der Waals surface area contributed by atoms with Crippen molar-refractivity contribution in [2.75, 3.05) is 33.9 Å². The molecule has 1 aromatic carbocycles. The standard InChI is InChI=1S/C19H30N2O4/c1-7-21(8-2)18(23)19(3,4)17(22)20-12-11-14-9-10-15(24-5)16(13-14)25-6/h9-10,13H,7-8,11-12H2,1-6H3,(H,20,22). The number of hydrogen-bond acceptors (Lipinski definition) is 4. The van der Waals surface area contributed by atoms with E-state index in [-0.39, 0.29) is 11.8 Å². The van der Waals surface area contributed by atoms with E-state index in [9.17, 15) is 9.59 Å². The highest BCUT2D eigenvalue weighted by molar-refractivity contribution is 6.04. The molecule has 0 heterocycles. The van der Waals surface area contributed by atoms with Crippen molar-refractivity contribution in [3.8, 4) is 11.5 Å². The number of amides is 2. The molecule has 0 bridgehead atoms. The fourth-order valence-electron chi connectivity index (χ4n) is 2.58. The fraction of sp³-hybridized carbons (Fsp3) is 0.579. The first kappa shape index (κ1) is 20.8. The third kappa shape index (κ3) is 5.11. The average molecular weight is 350 g/mol. The van der Waals surface area contributed by atoms with Crippen molar-refractivity contribution < 1.29 is 19.1 Å². The van der Waals surface area contributed by atoms with Gasteiger partial charge in [0.2, 0.25) is 11.8 Å². The van der Waals surface area contributed by atoms with Crippen molar-refractivity contribution >= 4 is 11.8 Å². The van der Waals surface area contributed by atoms with Crippen LogP contribution in [-0.2, 0) is 16.0 Å². The maximum Gasteiger partial charge on any atom is 0.237 e. The number of nitrogens with zero attached hydrogens (tertiary/aromatic N) is 1. The summed E-state index contributed by atoms with van der Waals surface area (Å²) < 4.78 is 10.5. The van der Waals surface area contributed by atoms with Crippen LogP contribution in [0.3, 0.4) is 0 Å². The van der Waals surface area contributed by atoms with Crippen molar-refractivity contribution in [1.29, 1.82) is 0 Å². The van der Waals surface area contributed by atoms with E-state index < -0.39 is 5.41 Å². The van der Waals surface area contributed by atoms with Gasteiger partial charge in [-0.15, -0.1) is 0 Å². The molecule has 0 aliphatic rings. The van der Waals surface area contributed by atoms with E-state index in [0.29, 0.717) is 37.6 Å². The highest BCUT2D eigenvalue weighted by Crippen LogP contribution is 2.27. The molecule has 6 heteroatoms. The molecule has 0 unspecified atom stereocenters. The molecule has 0 aromatic heterocycles. The summed E-state index contributed by atoms with van der Waals surface area (Å²) in [5.41, 5.74) is -0.0605. The first-order chi connectivity index (χ1) is 11.8. The summed E-state index contributed by atoms with van der Waals surface area (Å²) >= 11 is 0. The molecule has 1 aromatic rings. The number of carbonyl (C=O) groups excluding carboxylic acids is 2. The molecule has 0 spiro atoms. The third-order valence-corrected chi connectivity index (χ3v) is 4.30. The van der Waals surface area contributed by atoms with Gasteiger partial charge < -0.3 is 19.7 Å². The number of ether oxygens (including phenoxy) is 2. The number of carbonyl (C=O) groups is 2. The Morgan fingerprint density at radius 2 is 1.68 bits per heavy atom. The van der Waals surface area contributed by atoms with Crippen LogP contribution in [-0.4, -0.2) is 50.6 Å². The predicted octanol–water partition coefficient (Wildman–Crippen LogP) is 2.26. The monoisotopic (exact) mass is 350 g/mol. The molecule has 2 amide bonds. The van der Waals surface area contributed by atoms with E-state index in [4.69, 9.17) is 9.47 Å². The number of rotatable bonds is 9. The van der Waals surface area contributed by atoms with Crippen LogP contribution >= 0.6 is 0 Å². The number of benzene rings is 1. The van der Waals surface area contributed by atoms with Gasteiger partial charge >= 0.3 is 0 Å². The minimum atomic E-state index is -1.08. The zero-order valence-electron chi connectivity index (χ0n) is 16.1. The van der Waals surface area contributed by atoms with E-state index in [2.05, 4.69) is 5.32 Å². The van der Waals surface area contributed by atoms with Crippen molar-refractivity contribution in [3.63, 3.8) is 0 Å². The molecule has 0 atom stereocenters. The SMILES string of the molecule is CCN(CC)C(=O)C(C)(C)C(=O)NCCc1ccc(OC)c(OC)c1. The fourth-order valence-corrected chi connectivity index (χ4v) is 2.58. The Balaban J connectivity index is 2.66. The minimum absolute atomic E-state index is 0.152. The summed E-state index contributed by atoms with van der Waals surface area (Å²) in [7, 11) is 3.18. The molecular weight excluding hydrogens is 320 g/mol. The van der Waals surface area contributed by atoms with Crippen LogP contribution in [0.15, 0.2) is 18.2 Å². The lowest BCUT2D eigenvalue weighted by atomic mass is 9.90. The maximum absolute atomic E-state index is 12.5. The number of methoxy groups -OCH3 is 2. The van der Waals surface area contributed by atoms with E-state index in [1.54, 1.807) is 33.0 Å².